The standard InChI is InChI=1S/C11H14N2O3/c14-7-8-2-1-5-13(8)11(16)9-6-12-4-3-10(9)15/h3-4,6,8,14H,1-2,5,7H2,(H,12,15)/t8-/m1/s1. The second kappa shape index (κ2) is 4.49. The molecule has 0 unspecified atom stereocenters. The van der Waals surface area contributed by atoms with Crippen LogP contribution in [0.4, 0.5) is 0 Å². The summed E-state index contributed by atoms with van der Waals surface area (Å²) < 4.78 is 0. The molecule has 1 aliphatic rings. The van der Waals surface area contributed by atoms with Gasteiger partial charge < -0.3 is 15.0 Å². The molecule has 1 aromatic rings. The molecule has 2 N–H and O–H groups in total. The highest BCUT2D eigenvalue weighted by atomic mass is 16.3. The van der Waals surface area contributed by atoms with Gasteiger partial charge in [0.1, 0.15) is 5.56 Å². The number of nitrogens with one attached hydrogen (secondary N) is 1. The van der Waals surface area contributed by atoms with Crippen LogP contribution >= 0.6 is 0 Å². The average molecular weight is 222 g/mol. The van der Waals surface area contributed by atoms with Crippen LogP contribution in [0.1, 0.15) is 23.2 Å². The molecule has 2 heterocycles. The first-order valence-electron chi connectivity index (χ1n) is 5.33. The zero-order valence-electron chi connectivity index (χ0n) is 8.85. The van der Waals surface area contributed by atoms with Gasteiger partial charge in [-0.2, -0.15) is 0 Å². The molecular weight excluding hydrogens is 208 g/mol. The molecule has 1 aromatic heterocycles. The van der Waals surface area contributed by atoms with Crippen LogP contribution in [0.3, 0.4) is 0 Å². The van der Waals surface area contributed by atoms with Crippen LogP contribution in [0, 0.1) is 0 Å². The molecule has 1 fully saturated rings. The molecule has 1 amide bonds. The van der Waals surface area contributed by atoms with Crippen LogP contribution < -0.4 is 5.43 Å². The highest BCUT2D eigenvalue weighted by molar-refractivity contribution is 5.94. The smallest absolute Gasteiger partial charge is 0.259 e. The summed E-state index contributed by atoms with van der Waals surface area (Å²) in [6.45, 7) is 0.564. The van der Waals surface area contributed by atoms with Crippen molar-refractivity contribution in [2.24, 2.45) is 0 Å². The Balaban J connectivity index is 2.26. The number of likely N-dealkylation sites (tertiary alicyclic amines) is 1. The topological polar surface area (TPSA) is 73.4 Å². The van der Waals surface area contributed by atoms with Crippen molar-refractivity contribution in [1.29, 1.82) is 0 Å². The number of carbonyl (C=O) groups excluding carboxylic acids is 1. The van der Waals surface area contributed by atoms with Crippen LogP contribution in [-0.2, 0) is 0 Å². The molecule has 86 valence electrons. The van der Waals surface area contributed by atoms with Crippen molar-refractivity contribution in [2.75, 3.05) is 13.2 Å². The van der Waals surface area contributed by atoms with E-state index in [2.05, 4.69) is 4.98 Å². The van der Waals surface area contributed by atoms with E-state index in [0.717, 1.165) is 12.8 Å². The van der Waals surface area contributed by atoms with E-state index in [1.54, 1.807) is 4.90 Å². The molecule has 0 spiro atoms. The van der Waals surface area contributed by atoms with Gasteiger partial charge >= 0.3 is 0 Å². The maximum atomic E-state index is 12.0. The number of hydrogen-bond acceptors (Lipinski definition) is 3. The predicted octanol–water partition coefficient (Wildman–Crippen LogP) is -0.0282. The van der Waals surface area contributed by atoms with E-state index >= 15 is 0 Å². The molecular formula is C11H14N2O3. The van der Waals surface area contributed by atoms with Gasteiger partial charge in [0.2, 0.25) is 0 Å². The number of H-pyrrole nitrogens is 1. The monoisotopic (exact) mass is 222 g/mol. The Hall–Kier alpha value is -1.62. The first-order chi connectivity index (χ1) is 7.74. The summed E-state index contributed by atoms with van der Waals surface area (Å²) in [5, 5.41) is 9.12. The van der Waals surface area contributed by atoms with Gasteiger partial charge in [0.05, 0.1) is 12.6 Å². The van der Waals surface area contributed by atoms with E-state index in [1.165, 1.54) is 18.5 Å². The van der Waals surface area contributed by atoms with E-state index < -0.39 is 0 Å². The normalized spacial score (nSPS) is 20.1. The number of pyridine rings is 1. The SMILES string of the molecule is O=C(c1c[nH]ccc1=O)N1CCC[C@@H]1CO. The summed E-state index contributed by atoms with van der Waals surface area (Å²) in [5.74, 6) is -0.293. The molecule has 2 rings (SSSR count). The molecule has 5 heteroatoms. The van der Waals surface area contributed by atoms with E-state index in [0.29, 0.717) is 6.54 Å². The molecule has 16 heavy (non-hydrogen) atoms. The number of amides is 1. The summed E-state index contributed by atoms with van der Waals surface area (Å²) in [6.07, 6.45) is 4.58. The van der Waals surface area contributed by atoms with Gasteiger partial charge in [0.25, 0.3) is 5.91 Å². The van der Waals surface area contributed by atoms with Crippen molar-refractivity contribution < 1.29 is 9.90 Å². The third-order valence-electron chi connectivity index (χ3n) is 2.90. The van der Waals surface area contributed by atoms with Gasteiger partial charge in [-0.05, 0) is 12.8 Å². The van der Waals surface area contributed by atoms with Crippen LogP contribution in [-0.4, -0.2) is 40.1 Å². The minimum Gasteiger partial charge on any atom is -0.394 e. The summed E-state index contributed by atoms with van der Waals surface area (Å²) >= 11 is 0. The number of aliphatic hydroxyl groups is 1. The van der Waals surface area contributed by atoms with Crippen molar-refractivity contribution in [3.05, 3.63) is 34.2 Å². The van der Waals surface area contributed by atoms with Gasteiger partial charge in [-0.15, -0.1) is 0 Å². The summed E-state index contributed by atoms with van der Waals surface area (Å²) in [7, 11) is 0. The van der Waals surface area contributed by atoms with Gasteiger partial charge in [0.15, 0.2) is 5.43 Å². The number of carbonyl (C=O) groups is 1. The second-order valence-corrected chi connectivity index (χ2v) is 3.90. The minimum atomic E-state index is -0.293. The predicted molar refractivity (Wildman–Crippen MR) is 58.2 cm³/mol. The minimum absolute atomic E-state index is 0.0452. The Bertz CT molecular complexity index is 441. The molecule has 1 atom stereocenters. The highest BCUT2D eigenvalue weighted by Crippen LogP contribution is 2.18. The third-order valence-corrected chi connectivity index (χ3v) is 2.90. The van der Waals surface area contributed by atoms with E-state index in [4.69, 9.17) is 5.11 Å². The van der Waals surface area contributed by atoms with E-state index in [9.17, 15) is 9.59 Å². The number of aromatic nitrogens is 1. The summed E-state index contributed by atoms with van der Waals surface area (Å²) in [6, 6.07) is 1.18. The molecule has 1 saturated heterocycles. The molecule has 5 nitrogen and oxygen atoms in total. The van der Waals surface area contributed by atoms with Gasteiger partial charge in [-0.25, -0.2) is 0 Å². The number of hydrogen-bond donors (Lipinski definition) is 2. The van der Waals surface area contributed by atoms with Gasteiger partial charge in [-0.1, -0.05) is 0 Å². The number of aromatic amines is 1. The van der Waals surface area contributed by atoms with Crippen LogP contribution in [0.15, 0.2) is 23.3 Å². The molecule has 1 aliphatic heterocycles. The Morgan fingerprint density at radius 3 is 3.12 bits per heavy atom. The number of aliphatic hydroxyl groups excluding tert-OH is 1. The third kappa shape index (κ3) is 1.86. The van der Waals surface area contributed by atoms with Crippen LogP contribution in [0.5, 0.6) is 0 Å². The average Bonchev–Trinajstić information content (AvgIpc) is 2.77. The Kier molecular flexibility index (Phi) is 3.05. The van der Waals surface area contributed by atoms with Crippen molar-refractivity contribution in [1.82, 2.24) is 9.88 Å². The largest absolute Gasteiger partial charge is 0.394 e. The van der Waals surface area contributed by atoms with Crippen molar-refractivity contribution in [2.45, 2.75) is 18.9 Å². The first-order valence-corrected chi connectivity index (χ1v) is 5.33. The highest BCUT2D eigenvalue weighted by Gasteiger charge is 2.29. The summed E-state index contributed by atoms with van der Waals surface area (Å²) in [5.41, 5.74) is -0.143. The van der Waals surface area contributed by atoms with Crippen molar-refractivity contribution in [3.63, 3.8) is 0 Å². The maximum Gasteiger partial charge on any atom is 0.259 e. The number of nitrogens with zero attached hydrogens (tertiary/aromatic N) is 1. The van der Waals surface area contributed by atoms with Gasteiger partial charge in [-0.3, -0.25) is 9.59 Å². The Morgan fingerprint density at radius 2 is 2.44 bits per heavy atom. The fourth-order valence-corrected chi connectivity index (χ4v) is 2.03. The lowest BCUT2D eigenvalue weighted by Gasteiger charge is -2.22. The molecule has 0 bridgehead atoms. The quantitative estimate of drug-likeness (QED) is 0.738. The first kappa shape index (κ1) is 10.9. The molecule has 0 aromatic carbocycles. The lowest BCUT2D eigenvalue weighted by Crippen LogP contribution is -2.39. The van der Waals surface area contributed by atoms with Crippen molar-refractivity contribution in [3.8, 4) is 0 Å². The van der Waals surface area contributed by atoms with Gasteiger partial charge in [0, 0.05) is 25.0 Å². The lowest BCUT2D eigenvalue weighted by molar-refractivity contribution is 0.0676. The van der Waals surface area contributed by atoms with Crippen LogP contribution in [0.25, 0.3) is 0 Å². The maximum absolute atomic E-state index is 12.0. The Morgan fingerprint density at radius 1 is 1.62 bits per heavy atom. The van der Waals surface area contributed by atoms with E-state index in [-0.39, 0.29) is 29.5 Å². The zero-order valence-corrected chi connectivity index (χ0v) is 8.85. The number of rotatable bonds is 2. The second-order valence-electron chi connectivity index (χ2n) is 3.90. The summed E-state index contributed by atoms with van der Waals surface area (Å²) in [4.78, 5) is 27.8. The zero-order chi connectivity index (χ0) is 11.5. The molecule has 0 radical (unpaired) electrons. The Labute approximate surface area is 92.7 Å². The lowest BCUT2D eigenvalue weighted by atomic mass is 10.2. The molecule has 0 aliphatic carbocycles. The fraction of sp³-hybridized carbons (Fsp3) is 0.455. The molecule has 0 saturated carbocycles. The van der Waals surface area contributed by atoms with E-state index in [1.807, 2.05) is 0 Å². The fourth-order valence-electron chi connectivity index (χ4n) is 2.03. The van der Waals surface area contributed by atoms with Crippen molar-refractivity contribution >= 4 is 5.91 Å². The van der Waals surface area contributed by atoms with Crippen LogP contribution in [0.2, 0.25) is 0 Å².